The maximum absolute atomic E-state index is 11.8. The van der Waals surface area contributed by atoms with Gasteiger partial charge < -0.3 is 15.6 Å². The van der Waals surface area contributed by atoms with Crippen LogP contribution in [0.2, 0.25) is 0 Å². The first kappa shape index (κ1) is 15.4. The lowest BCUT2D eigenvalue weighted by molar-refractivity contribution is 0.0955. The van der Waals surface area contributed by atoms with Gasteiger partial charge >= 0.3 is 0 Å². The third-order valence-electron chi connectivity index (χ3n) is 2.87. The number of amides is 1. The Morgan fingerprint density at radius 3 is 2.73 bits per heavy atom. The molecule has 2 aromatic rings. The molecule has 0 unspecified atom stereocenters. The molecule has 0 saturated carbocycles. The van der Waals surface area contributed by atoms with Crippen molar-refractivity contribution in [1.82, 2.24) is 5.43 Å². The highest BCUT2D eigenvalue weighted by Gasteiger charge is 2.06. The number of anilines is 1. The van der Waals surface area contributed by atoms with Gasteiger partial charge in [-0.1, -0.05) is 6.07 Å². The number of aromatic hydroxyl groups is 1. The summed E-state index contributed by atoms with van der Waals surface area (Å²) >= 11 is 0. The molecule has 0 spiro atoms. The molecule has 0 atom stereocenters. The number of nitrogen functional groups attached to an aromatic ring is 1. The van der Waals surface area contributed by atoms with Crippen LogP contribution in [0.25, 0.3) is 0 Å². The molecular formula is C16H17N3O3. The first-order chi connectivity index (χ1) is 10.6. The Labute approximate surface area is 128 Å². The smallest absolute Gasteiger partial charge is 0.271 e. The van der Waals surface area contributed by atoms with Gasteiger partial charge in [0, 0.05) is 16.8 Å². The van der Waals surface area contributed by atoms with Crippen molar-refractivity contribution in [2.45, 2.75) is 6.92 Å². The van der Waals surface area contributed by atoms with Gasteiger partial charge in [-0.25, -0.2) is 5.43 Å². The highest BCUT2D eigenvalue weighted by Crippen LogP contribution is 2.28. The number of para-hydroxylation sites is 1. The van der Waals surface area contributed by atoms with Gasteiger partial charge in [0.2, 0.25) is 0 Å². The molecule has 4 N–H and O–H groups in total. The fourth-order valence-corrected chi connectivity index (χ4v) is 1.77. The fraction of sp³-hybridized carbons (Fsp3) is 0.125. The first-order valence-corrected chi connectivity index (χ1v) is 6.75. The summed E-state index contributed by atoms with van der Waals surface area (Å²) in [5.74, 6) is -0.0113. The minimum absolute atomic E-state index is 0.0187. The number of ether oxygens (including phenoxy) is 1. The van der Waals surface area contributed by atoms with E-state index in [1.807, 2.05) is 6.92 Å². The molecule has 2 aromatic carbocycles. The Hall–Kier alpha value is -3.02. The minimum atomic E-state index is -0.364. The summed E-state index contributed by atoms with van der Waals surface area (Å²) in [6.07, 6.45) is 1.35. The number of hydrogen-bond donors (Lipinski definition) is 3. The molecule has 22 heavy (non-hydrogen) atoms. The minimum Gasteiger partial charge on any atom is -0.504 e. The van der Waals surface area contributed by atoms with E-state index < -0.39 is 0 Å². The fourth-order valence-electron chi connectivity index (χ4n) is 1.77. The third-order valence-corrected chi connectivity index (χ3v) is 2.87. The normalized spacial score (nSPS) is 10.6. The van der Waals surface area contributed by atoms with Crippen LogP contribution in [0.5, 0.6) is 11.5 Å². The van der Waals surface area contributed by atoms with Gasteiger partial charge in [-0.2, -0.15) is 5.10 Å². The summed E-state index contributed by atoms with van der Waals surface area (Å²) in [4.78, 5) is 11.8. The number of hydrazone groups is 1. The molecular weight excluding hydrogens is 282 g/mol. The Morgan fingerprint density at radius 2 is 2.05 bits per heavy atom. The van der Waals surface area contributed by atoms with E-state index in [4.69, 9.17) is 10.5 Å². The number of phenols is 1. The predicted octanol–water partition coefficient (Wildman–Crippen LogP) is 2.14. The van der Waals surface area contributed by atoms with Gasteiger partial charge in [0.25, 0.3) is 5.91 Å². The summed E-state index contributed by atoms with van der Waals surface area (Å²) < 4.78 is 5.27. The quantitative estimate of drug-likeness (QED) is 0.447. The van der Waals surface area contributed by atoms with E-state index in [-0.39, 0.29) is 11.7 Å². The number of hydrogen-bond acceptors (Lipinski definition) is 5. The zero-order valence-electron chi connectivity index (χ0n) is 12.1. The van der Waals surface area contributed by atoms with E-state index >= 15 is 0 Å². The molecule has 0 aliphatic heterocycles. The van der Waals surface area contributed by atoms with E-state index in [1.165, 1.54) is 6.21 Å². The van der Waals surface area contributed by atoms with Crippen molar-refractivity contribution in [3.05, 3.63) is 53.6 Å². The van der Waals surface area contributed by atoms with Crippen molar-refractivity contribution < 1.29 is 14.6 Å². The largest absolute Gasteiger partial charge is 0.504 e. The molecule has 0 bridgehead atoms. The molecule has 0 saturated heterocycles. The van der Waals surface area contributed by atoms with Gasteiger partial charge in [-0.05, 0) is 43.3 Å². The Kier molecular flexibility index (Phi) is 4.98. The molecule has 114 valence electrons. The van der Waals surface area contributed by atoms with Crippen LogP contribution in [-0.4, -0.2) is 23.8 Å². The van der Waals surface area contributed by atoms with Crippen LogP contribution < -0.4 is 15.9 Å². The average molecular weight is 299 g/mol. The number of phenolic OH excluding ortho intramolecular Hbond substituents is 1. The lowest BCUT2D eigenvalue weighted by Crippen LogP contribution is -2.17. The van der Waals surface area contributed by atoms with Crippen molar-refractivity contribution in [2.24, 2.45) is 5.10 Å². The Balaban J connectivity index is 2.05. The van der Waals surface area contributed by atoms with E-state index in [2.05, 4.69) is 10.5 Å². The number of carbonyl (C=O) groups excluding carboxylic acids is 1. The molecule has 0 aromatic heterocycles. The number of benzene rings is 2. The third kappa shape index (κ3) is 3.76. The molecule has 1 amide bonds. The van der Waals surface area contributed by atoms with E-state index in [1.54, 1.807) is 42.5 Å². The first-order valence-electron chi connectivity index (χ1n) is 6.75. The van der Waals surface area contributed by atoms with E-state index in [0.717, 1.165) is 0 Å². The van der Waals surface area contributed by atoms with Crippen molar-refractivity contribution in [3.8, 4) is 11.5 Å². The average Bonchev–Trinajstić information content (AvgIpc) is 2.51. The van der Waals surface area contributed by atoms with Gasteiger partial charge in [0.1, 0.15) is 0 Å². The molecule has 0 radical (unpaired) electrons. The second kappa shape index (κ2) is 7.12. The maximum Gasteiger partial charge on any atom is 0.271 e. The lowest BCUT2D eigenvalue weighted by atomic mass is 10.2. The number of carbonyl (C=O) groups is 1. The standard InChI is InChI=1S/C16H17N3O3/c1-2-22-14-5-3-4-12(15(14)20)10-18-19-16(21)11-6-8-13(17)9-7-11/h3-10,20H,2,17H2,1H3,(H,19,21)/b18-10+. The van der Waals surface area contributed by atoms with Crippen LogP contribution >= 0.6 is 0 Å². The molecule has 0 aliphatic carbocycles. The molecule has 0 heterocycles. The molecule has 6 nitrogen and oxygen atoms in total. The second-order valence-electron chi connectivity index (χ2n) is 4.45. The van der Waals surface area contributed by atoms with Crippen molar-refractivity contribution in [2.75, 3.05) is 12.3 Å². The van der Waals surface area contributed by atoms with Crippen LogP contribution in [-0.2, 0) is 0 Å². The molecule has 0 fully saturated rings. The van der Waals surface area contributed by atoms with Crippen LogP contribution in [0.3, 0.4) is 0 Å². The highest BCUT2D eigenvalue weighted by molar-refractivity contribution is 5.95. The highest BCUT2D eigenvalue weighted by atomic mass is 16.5. The number of nitrogens with one attached hydrogen (secondary N) is 1. The van der Waals surface area contributed by atoms with Gasteiger partial charge in [-0.15, -0.1) is 0 Å². The van der Waals surface area contributed by atoms with Gasteiger partial charge in [0.15, 0.2) is 11.5 Å². The SMILES string of the molecule is CCOc1cccc(/C=N/NC(=O)c2ccc(N)cc2)c1O. The predicted molar refractivity (Wildman–Crippen MR) is 85.2 cm³/mol. The number of nitrogens with two attached hydrogens (primary N) is 1. The Bertz CT molecular complexity index is 682. The topological polar surface area (TPSA) is 96.9 Å². The van der Waals surface area contributed by atoms with Crippen LogP contribution in [0, 0.1) is 0 Å². The van der Waals surface area contributed by atoms with Crippen molar-refractivity contribution >= 4 is 17.8 Å². The molecule has 0 aliphatic rings. The monoisotopic (exact) mass is 299 g/mol. The summed E-state index contributed by atoms with van der Waals surface area (Å²) in [5, 5.41) is 13.8. The summed E-state index contributed by atoms with van der Waals surface area (Å²) in [6.45, 7) is 2.27. The van der Waals surface area contributed by atoms with Crippen LogP contribution in [0.1, 0.15) is 22.8 Å². The maximum atomic E-state index is 11.8. The Morgan fingerprint density at radius 1 is 1.32 bits per heavy atom. The van der Waals surface area contributed by atoms with Crippen molar-refractivity contribution in [1.29, 1.82) is 0 Å². The molecule has 6 heteroatoms. The number of rotatable bonds is 5. The summed E-state index contributed by atoms with van der Waals surface area (Å²) in [6, 6.07) is 11.5. The van der Waals surface area contributed by atoms with Crippen molar-refractivity contribution in [3.63, 3.8) is 0 Å². The second-order valence-corrected chi connectivity index (χ2v) is 4.45. The zero-order chi connectivity index (χ0) is 15.9. The van der Waals surface area contributed by atoms with Crippen LogP contribution in [0.15, 0.2) is 47.6 Å². The zero-order valence-corrected chi connectivity index (χ0v) is 12.1. The van der Waals surface area contributed by atoms with Crippen LogP contribution in [0.4, 0.5) is 5.69 Å². The summed E-state index contributed by atoms with van der Waals surface area (Å²) in [7, 11) is 0. The molecule has 2 rings (SSSR count). The lowest BCUT2D eigenvalue weighted by Gasteiger charge is -2.07. The van der Waals surface area contributed by atoms with E-state index in [9.17, 15) is 9.90 Å². The van der Waals surface area contributed by atoms with E-state index in [0.29, 0.717) is 29.2 Å². The van der Waals surface area contributed by atoms with Gasteiger partial charge in [0.05, 0.1) is 12.8 Å². The number of nitrogens with zero attached hydrogens (tertiary/aromatic N) is 1. The van der Waals surface area contributed by atoms with Gasteiger partial charge in [-0.3, -0.25) is 4.79 Å². The summed E-state index contributed by atoms with van der Waals surface area (Å²) in [5.41, 5.74) is 9.41.